The summed E-state index contributed by atoms with van der Waals surface area (Å²) in [5, 5.41) is 17.5. The van der Waals surface area contributed by atoms with Crippen molar-refractivity contribution in [1.29, 1.82) is 5.26 Å². The van der Waals surface area contributed by atoms with Gasteiger partial charge < -0.3 is 5.11 Å². The predicted molar refractivity (Wildman–Crippen MR) is 38.4 cm³/mol. The largest absolute Gasteiger partial charge is 0.392 e. The Hall–Kier alpha value is -0.600. The normalized spacial score (nSPS) is 36.0. The molecule has 1 saturated heterocycles. The van der Waals surface area contributed by atoms with E-state index in [0.717, 1.165) is 0 Å². The number of aliphatic hydroxyl groups excluding tert-OH is 1. The molecule has 0 aromatic heterocycles. The van der Waals surface area contributed by atoms with Crippen LogP contribution in [0.5, 0.6) is 0 Å². The topological polar surface area (TPSA) is 78.2 Å². The SMILES string of the molecule is N#CC1CS(=O)(=O)CCC1O. The van der Waals surface area contributed by atoms with Crippen LogP contribution in [0.1, 0.15) is 6.42 Å². The third-order valence-corrected chi connectivity index (χ3v) is 3.51. The van der Waals surface area contributed by atoms with Gasteiger partial charge in [0.25, 0.3) is 0 Å². The summed E-state index contributed by atoms with van der Waals surface area (Å²) in [7, 11) is -3.06. The van der Waals surface area contributed by atoms with E-state index in [9.17, 15) is 8.42 Å². The lowest BCUT2D eigenvalue weighted by molar-refractivity contribution is 0.133. The highest BCUT2D eigenvalue weighted by atomic mass is 32.2. The van der Waals surface area contributed by atoms with Crippen LogP contribution in [0.25, 0.3) is 0 Å². The van der Waals surface area contributed by atoms with E-state index in [0.29, 0.717) is 0 Å². The molecule has 0 aromatic carbocycles. The smallest absolute Gasteiger partial charge is 0.151 e. The quantitative estimate of drug-likeness (QED) is 0.528. The number of nitrogens with zero attached hydrogens (tertiary/aromatic N) is 1. The van der Waals surface area contributed by atoms with Gasteiger partial charge in [0.1, 0.15) is 0 Å². The minimum Gasteiger partial charge on any atom is -0.392 e. The summed E-state index contributed by atoms with van der Waals surface area (Å²) in [5.41, 5.74) is 0. The summed E-state index contributed by atoms with van der Waals surface area (Å²) >= 11 is 0. The van der Waals surface area contributed by atoms with Crippen LogP contribution < -0.4 is 0 Å². The first kappa shape index (κ1) is 8.50. The first-order chi connectivity index (χ1) is 5.05. The molecule has 0 saturated carbocycles. The van der Waals surface area contributed by atoms with Gasteiger partial charge in [0, 0.05) is 0 Å². The van der Waals surface area contributed by atoms with Gasteiger partial charge in [-0.3, -0.25) is 0 Å². The average molecular weight is 175 g/mol. The molecule has 0 aliphatic carbocycles. The Balaban J connectivity index is 2.76. The van der Waals surface area contributed by atoms with Gasteiger partial charge in [0.2, 0.25) is 0 Å². The highest BCUT2D eigenvalue weighted by molar-refractivity contribution is 7.91. The Morgan fingerprint density at radius 3 is 2.64 bits per heavy atom. The molecule has 1 aliphatic heterocycles. The molecule has 2 atom stereocenters. The van der Waals surface area contributed by atoms with Crippen molar-refractivity contribution in [2.45, 2.75) is 12.5 Å². The van der Waals surface area contributed by atoms with Gasteiger partial charge in [0.05, 0.1) is 29.6 Å². The molecular weight excluding hydrogens is 166 g/mol. The molecule has 2 unspecified atom stereocenters. The average Bonchev–Trinajstić information content (AvgIpc) is 1.94. The molecule has 62 valence electrons. The van der Waals surface area contributed by atoms with Gasteiger partial charge in [-0.1, -0.05) is 0 Å². The van der Waals surface area contributed by atoms with E-state index < -0.39 is 21.9 Å². The third kappa shape index (κ3) is 1.91. The molecule has 0 bridgehead atoms. The van der Waals surface area contributed by atoms with Gasteiger partial charge in [-0.25, -0.2) is 8.42 Å². The molecule has 1 fully saturated rings. The lowest BCUT2D eigenvalue weighted by Crippen LogP contribution is -2.35. The molecule has 1 heterocycles. The molecule has 11 heavy (non-hydrogen) atoms. The van der Waals surface area contributed by atoms with Gasteiger partial charge in [-0.2, -0.15) is 5.26 Å². The number of rotatable bonds is 0. The summed E-state index contributed by atoms with van der Waals surface area (Å²) in [6.07, 6.45) is -0.566. The van der Waals surface area contributed by atoms with Crippen molar-refractivity contribution in [2.75, 3.05) is 11.5 Å². The van der Waals surface area contributed by atoms with E-state index in [1.165, 1.54) is 0 Å². The standard InChI is InChI=1S/C6H9NO3S/c7-3-5-4-11(9,10)2-1-6(5)8/h5-6,8H,1-2,4H2. The Morgan fingerprint density at radius 2 is 2.18 bits per heavy atom. The number of sulfone groups is 1. The van der Waals surface area contributed by atoms with Crippen LogP contribution in [0.15, 0.2) is 0 Å². The lowest BCUT2D eigenvalue weighted by Gasteiger charge is -2.21. The maximum atomic E-state index is 10.9. The van der Waals surface area contributed by atoms with Crippen LogP contribution in [0, 0.1) is 17.2 Å². The molecular formula is C6H9NO3S. The van der Waals surface area contributed by atoms with Crippen LogP contribution in [0.4, 0.5) is 0 Å². The Bertz CT molecular complexity index is 277. The minimum absolute atomic E-state index is 0.00630. The summed E-state index contributed by atoms with van der Waals surface area (Å²) in [5.74, 6) is -0.912. The predicted octanol–water partition coefficient (Wildman–Crippen LogP) is -0.694. The van der Waals surface area contributed by atoms with Crippen LogP contribution in [-0.2, 0) is 9.84 Å². The van der Waals surface area contributed by atoms with Crippen molar-refractivity contribution in [1.82, 2.24) is 0 Å². The van der Waals surface area contributed by atoms with Crippen molar-refractivity contribution in [3.8, 4) is 6.07 Å². The lowest BCUT2D eigenvalue weighted by atomic mass is 10.0. The molecule has 0 spiro atoms. The molecule has 0 radical (unpaired) electrons. The monoisotopic (exact) mass is 175 g/mol. The minimum atomic E-state index is -3.06. The van der Waals surface area contributed by atoms with E-state index >= 15 is 0 Å². The van der Waals surface area contributed by atoms with Crippen molar-refractivity contribution >= 4 is 9.84 Å². The van der Waals surface area contributed by atoms with Crippen LogP contribution >= 0.6 is 0 Å². The van der Waals surface area contributed by atoms with Crippen molar-refractivity contribution in [2.24, 2.45) is 5.92 Å². The van der Waals surface area contributed by atoms with Gasteiger partial charge in [0.15, 0.2) is 9.84 Å². The van der Waals surface area contributed by atoms with Crippen molar-refractivity contribution in [3.63, 3.8) is 0 Å². The first-order valence-electron chi connectivity index (χ1n) is 3.33. The fourth-order valence-electron chi connectivity index (χ4n) is 1.09. The summed E-state index contributed by atoms with van der Waals surface area (Å²) in [6.45, 7) is 0. The highest BCUT2D eigenvalue weighted by Gasteiger charge is 2.31. The number of nitriles is 1. The van der Waals surface area contributed by atoms with Crippen molar-refractivity contribution < 1.29 is 13.5 Å². The number of hydrogen-bond acceptors (Lipinski definition) is 4. The molecule has 1 rings (SSSR count). The van der Waals surface area contributed by atoms with Gasteiger partial charge in [-0.15, -0.1) is 0 Å². The fourth-order valence-corrected chi connectivity index (χ4v) is 2.70. The maximum Gasteiger partial charge on any atom is 0.151 e. The summed E-state index contributed by atoms with van der Waals surface area (Å²) in [4.78, 5) is 0. The van der Waals surface area contributed by atoms with Gasteiger partial charge >= 0.3 is 0 Å². The molecule has 0 aromatic rings. The van der Waals surface area contributed by atoms with E-state index in [4.69, 9.17) is 10.4 Å². The van der Waals surface area contributed by atoms with Crippen LogP contribution in [-0.4, -0.2) is 31.1 Å². The van der Waals surface area contributed by atoms with E-state index in [-0.39, 0.29) is 17.9 Å². The van der Waals surface area contributed by atoms with Crippen LogP contribution in [0.2, 0.25) is 0 Å². The number of aliphatic hydroxyl groups is 1. The second-order valence-corrected chi connectivity index (χ2v) is 4.93. The fraction of sp³-hybridized carbons (Fsp3) is 0.833. The second kappa shape index (κ2) is 2.80. The first-order valence-corrected chi connectivity index (χ1v) is 5.15. The van der Waals surface area contributed by atoms with Gasteiger partial charge in [-0.05, 0) is 6.42 Å². The summed E-state index contributed by atoms with van der Waals surface area (Å²) in [6, 6.07) is 1.78. The molecule has 1 N–H and O–H groups in total. The molecule has 5 heteroatoms. The zero-order chi connectivity index (χ0) is 8.48. The Kier molecular flexibility index (Phi) is 2.16. The van der Waals surface area contributed by atoms with Crippen molar-refractivity contribution in [3.05, 3.63) is 0 Å². The van der Waals surface area contributed by atoms with Crippen LogP contribution in [0.3, 0.4) is 0 Å². The molecule has 0 amide bonds. The molecule has 1 aliphatic rings. The Labute approximate surface area is 65.4 Å². The zero-order valence-corrected chi connectivity index (χ0v) is 6.71. The maximum absolute atomic E-state index is 10.9. The van der Waals surface area contributed by atoms with E-state index in [1.54, 1.807) is 6.07 Å². The van der Waals surface area contributed by atoms with E-state index in [1.807, 2.05) is 0 Å². The summed E-state index contributed by atoms with van der Waals surface area (Å²) < 4.78 is 21.8. The third-order valence-electron chi connectivity index (χ3n) is 1.79. The number of hydrogen-bond donors (Lipinski definition) is 1. The Morgan fingerprint density at radius 1 is 1.55 bits per heavy atom. The zero-order valence-electron chi connectivity index (χ0n) is 5.90. The molecule has 4 nitrogen and oxygen atoms in total. The highest BCUT2D eigenvalue weighted by Crippen LogP contribution is 2.17. The van der Waals surface area contributed by atoms with E-state index in [2.05, 4.69) is 0 Å². The second-order valence-electron chi connectivity index (χ2n) is 2.71.